The lowest BCUT2D eigenvalue weighted by Crippen LogP contribution is -2.43. The van der Waals surface area contributed by atoms with Crippen LogP contribution in [0.25, 0.3) is 0 Å². The van der Waals surface area contributed by atoms with Crippen LogP contribution in [0, 0.1) is 12.8 Å². The first-order valence-corrected chi connectivity index (χ1v) is 7.30. The first kappa shape index (κ1) is 12.7. The highest BCUT2D eigenvalue weighted by atomic mass is 16.2. The highest BCUT2D eigenvalue weighted by Crippen LogP contribution is 2.32. The summed E-state index contributed by atoms with van der Waals surface area (Å²) in [5.74, 6) is 0.464. The lowest BCUT2D eigenvalue weighted by atomic mass is 10.0. The van der Waals surface area contributed by atoms with E-state index in [9.17, 15) is 4.79 Å². The van der Waals surface area contributed by atoms with Crippen LogP contribution < -0.4 is 5.73 Å². The van der Waals surface area contributed by atoms with Gasteiger partial charge in [-0.05, 0) is 45.2 Å². The minimum Gasteiger partial charge on any atom is -0.345 e. The Hall–Kier alpha value is -1.29. The van der Waals surface area contributed by atoms with E-state index < -0.39 is 0 Å². The van der Waals surface area contributed by atoms with Crippen molar-refractivity contribution in [2.24, 2.45) is 11.7 Å². The molecule has 0 spiro atoms. The molecule has 4 heteroatoms. The van der Waals surface area contributed by atoms with E-state index in [2.05, 4.69) is 35.4 Å². The van der Waals surface area contributed by atoms with E-state index in [0.717, 1.165) is 32.4 Å². The van der Waals surface area contributed by atoms with E-state index in [0.29, 0.717) is 5.91 Å². The van der Waals surface area contributed by atoms with Crippen LogP contribution in [0.5, 0.6) is 0 Å². The standard InChI is InChI=1S/C15H23N3O/c1-10-3-6-14-11(2)18(8-7-17(10)14)15(19)12-4-5-13(16)9-12/h3,6,11-13H,4-5,7-9,16H2,1-2H3. The Balaban J connectivity index is 1.78. The lowest BCUT2D eigenvalue weighted by Gasteiger charge is -2.37. The number of rotatable bonds is 1. The van der Waals surface area contributed by atoms with Gasteiger partial charge in [-0.1, -0.05) is 0 Å². The predicted molar refractivity (Wildman–Crippen MR) is 74.6 cm³/mol. The van der Waals surface area contributed by atoms with Gasteiger partial charge in [-0.15, -0.1) is 0 Å². The average molecular weight is 261 g/mol. The summed E-state index contributed by atoms with van der Waals surface area (Å²) in [6, 6.07) is 4.71. The van der Waals surface area contributed by atoms with Crippen molar-refractivity contribution in [3.63, 3.8) is 0 Å². The topological polar surface area (TPSA) is 51.3 Å². The fourth-order valence-corrected chi connectivity index (χ4v) is 3.60. The number of aryl methyl sites for hydroxylation is 1. The predicted octanol–water partition coefficient (Wildman–Crippen LogP) is 1.83. The Kier molecular flexibility index (Phi) is 3.13. The molecule has 3 rings (SSSR count). The number of hydrogen-bond donors (Lipinski definition) is 1. The molecule has 104 valence electrons. The van der Waals surface area contributed by atoms with Crippen LogP contribution in [0.4, 0.5) is 0 Å². The number of fused-ring (bicyclic) bond motifs is 1. The number of nitrogens with zero attached hydrogens (tertiary/aromatic N) is 2. The molecule has 0 aromatic carbocycles. The molecule has 4 nitrogen and oxygen atoms in total. The van der Waals surface area contributed by atoms with Gasteiger partial charge in [0.15, 0.2) is 0 Å². The molecule has 0 bridgehead atoms. The molecule has 1 amide bonds. The smallest absolute Gasteiger partial charge is 0.226 e. The van der Waals surface area contributed by atoms with Crippen LogP contribution in [-0.2, 0) is 11.3 Å². The molecule has 1 fully saturated rings. The minimum atomic E-state index is 0.153. The second-order valence-electron chi connectivity index (χ2n) is 6.03. The van der Waals surface area contributed by atoms with Crippen molar-refractivity contribution in [1.29, 1.82) is 0 Å². The molecule has 3 unspecified atom stereocenters. The lowest BCUT2D eigenvalue weighted by molar-refractivity contribution is -0.138. The average Bonchev–Trinajstić information content (AvgIpc) is 2.97. The van der Waals surface area contributed by atoms with Crippen LogP contribution in [0.15, 0.2) is 12.1 Å². The number of aromatic nitrogens is 1. The Bertz CT molecular complexity index is 494. The van der Waals surface area contributed by atoms with Crippen LogP contribution in [0.2, 0.25) is 0 Å². The van der Waals surface area contributed by atoms with Gasteiger partial charge in [0.1, 0.15) is 0 Å². The van der Waals surface area contributed by atoms with Gasteiger partial charge in [0.25, 0.3) is 0 Å². The van der Waals surface area contributed by atoms with Gasteiger partial charge in [0, 0.05) is 36.4 Å². The number of nitrogens with two attached hydrogens (primary N) is 1. The highest BCUT2D eigenvalue weighted by molar-refractivity contribution is 5.79. The van der Waals surface area contributed by atoms with Crippen molar-refractivity contribution in [3.05, 3.63) is 23.5 Å². The fourth-order valence-electron chi connectivity index (χ4n) is 3.60. The monoisotopic (exact) mass is 261 g/mol. The van der Waals surface area contributed by atoms with Crippen LogP contribution in [0.3, 0.4) is 0 Å². The summed E-state index contributed by atoms with van der Waals surface area (Å²) in [5, 5.41) is 0. The molecule has 0 radical (unpaired) electrons. The van der Waals surface area contributed by atoms with Crippen LogP contribution >= 0.6 is 0 Å². The third kappa shape index (κ3) is 2.08. The van der Waals surface area contributed by atoms with E-state index in [4.69, 9.17) is 5.73 Å². The summed E-state index contributed by atoms with van der Waals surface area (Å²) < 4.78 is 2.33. The third-order valence-electron chi connectivity index (χ3n) is 4.80. The molecule has 0 saturated heterocycles. The van der Waals surface area contributed by atoms with Gasteiger partial charge >= 0.3 is 0 Å². The van der Waals surface area contributed by atoms with E-state index in [-0.39, 0.29) is 18.0 Å². The Morgan fingerprint density at radius 1 is 1.32 bits per heavy atom. The van der Waals surface area contributed by atoms with E-state index in [1.807, 2.05) is 0 Å². The van der Waals surface area contributed by atoms with Crippen LogP contribution in [-0.4, -0.2) is 28.0 Å². The molecular weight excluding hydrogens is 238 g/mol. The van der Waals surface area contributed by atoms with Gasteiger partial charge in [-0.3, -0.25) is 4.79 Å². The molecule has 19 heavy (non-hydrogen) atoms. The quantitative estimate of drug-likeness (QED) is 0.838. The highest BCUT2D eigenvalue weighted by Gasteiger charge is 2.35. The second-order valence-corrected chi connectivity index (χ2v) is 6.03. The Labute approximate surface area is 114 Å². The number of hydrogen-bond acceptors (Lipinski definition) is 2. The number of carbonyl (C=O) groups is 1. The summed E-state index contributed by atoms with van der Waals surface area (Å²) in [4.78, 5) is 14.7. The van der Waals surface area contributed by atoms with Crippen molar-refractivity contribution in [2.45, 2.75) is 51.7 Å². The second kappa shape index (κ2) is 4.67. The third-order valence-corrected chi connectivity index (χ3v) is 4.80. The summed E-state index contributed by atoms with van der Waals surface area (Å²) in [5.41, 5.74) is 8.48. The van der Waals surface area contributed by atoms with E-state index in [1.165, 1.54) is 11.4 Å². The van der Waals surface area contributed by atoms with E-state index >= 15 is 0 Å². The first-order chi connectivity index (χ1) is 9.08. The van der Waals surface area contributed by atoms with Crippen molar-refractivity contribution in [1.82, 2.24) is 9.47 Å². The van der Waals surface area contributed by atoms with Crippen molar-refractivity contribution >= 4 is 5.91 Å². The molecule has 2 heterocycles. The zero-order chi connectivity index (χ0) is 13.6. The molecule has 3 atom stereocenters. The molecule has 2 N–H and O–H groups in total. The Morgan fingerprint density at radius 3 is 2.79 bits per heavy atom. The first-order valence-electron chi connectivity index (χ1n) is 7.30. The maximum absolute atomic E-state index is 12.6. The van der Waals surface area contributed by atoms with Crippen molar-refractivity contribution in [3.8, 4) is 0 Å². The van der Waals surface area contributed by atoms with E-state index in [1.54, 1.807) is 0 Å². The molecule has 2 aliphatic rings. The normalized spacial score (nSPS) is 30.5. The summed E-state index contributed by atoms with van der Waals surface area (Å²) in [6.45, 7) is 6.01. The maximum Gasteiger partial charge on any atom is 0.226 e. The minimum absolute atomic E-state index is 0.153. The Morgan fingerprint density at radius 2 is 2.11 bits per heavy atom. The van der Waals surface area contributed by atoms with Crippen LogP contribution in [0.1, 0.15) is 43.6 Å². The number of amides is 1. The zero-order valence-corrected chi connectivity index (χ0v) is 11.8. The molecule has 1 aromatic heterocycles. The molecule has 1 aliphatic heterocycles. The molecule has 1 aliphatic carbocycles. The SMILES string of the molecule is Cc1ccc2n1CCN(C(=O)C1CCC(N)C1)C2C. The zero-order valence-electron chi connectivity index (χ0n) is 11.8. The largest absolute Gasteiger partial charge is 0.345 e. The molecule has 1 aromatic rings. The molecular formula is C15H23N3O. The number of carbonyl (C=O) groups excluding carboxylic acids is 1. The van der Waals surface area contributed by atoms with Gasteiger partial charge < -0.3 is 15.2 Å². The van der Waals surface area contributed by atoms with Gasteiger partial charge in [-0.2, -0.15) is 0 Å². The fraction of sp³-hybridized carbons (Fsp3) is 0.667. The van der Waals surface area contributed by atoms with Gasteiger partial charge in [0.2, 0.25) is 5.91 Å². The summed E-state index contributed by atoms with van der Waals surface area (Å²) in [6.07, 6.45) is 2.82. The van der Waals surface area contributed by atoms with Crippen molar-refractivity contribution in [2.75, 3.05) is 6.54 Å². The molecule has 1 saturated carbocycles. The maximum atomic E-state index is 12.6. The summed E-state index contributed by atoms with van der Waals surface area (Å²) >= 11 is 0. The van der Waals surface area contributed by atoms with Gasteiger partial charge in [-0.25, -0.2) is 0 Å². The van der Waals surface area contributed by atoms with Gasteiger partial charge in [0.05, 0.1) is 6.04 Å². The van der Waals surface area contributed by atoms with Crippen molar-refractivity contribution < 1.29 is 4.79 Å². The summed E-state index contributed by atoms with van der Waals surface area (Å²) in [7, 11) is 0.